The van der Waals surface area contributed by atoms with Crippen LogP contribution in [0.3, 0.4) is 0 Å². The van der Waals surface area contributed by atoms with Crippen molar-refractivity contribution in [2.75, 3.05) is 11.9 Å². The molecular formula is C25H22FN5O3. The molecule has 0 aliphatic rings. The summed E-state index contributed by atoms with van der Waals surface area (Å²) >= 11 is 0. The van der Waals surface area contributed by atoms with Crippen molar-refractivity contribution in [1.82, 2.24) is 14.8 Å². The molecule has 9 heteroatoms. The number of fused-ring (bicyclic) bond motifs is 1. The van der Waals surface area contributed by atoms with Crippen LogP contribution >= 0.6 is 0 Å². The van der Waals surface area contributed by atoms with E-state index in [0.717, 1.165) is 11.1 Å². The molecule has 0 bridgehead atoms. The third-order valence-corrected chi connectivity index (χ3v) is 4.91. The summed E-state index contributed by atoms with van der Waals surface area (Å²) in [6.45, 7) is 3.53. The Hall–Kier alpha value is -4.53. The van der Waals surface area contributed by atoms with E-state index in [1.54, 1.807) is 35.6 Å². The number of imidazole rings is 1. The number of hydrogen-bond donors (Lipinski definition) is 2. The van der Waals surface area contributed by atoms with Crippen LogP contribution in [0, 0.1) is 19.7 Å². The Morgan fingerprint density at radius 2 is 1.79 bits per heavy atom. The fourth-order valence-electron chi connectivity index (χ4n) is 3.29. The van der Waals surface area contributed by atoms with E-state index in [1.165, 1.54) is 30.5 Å². The van der Waals surface area contributed by atoms with Crippen molar-refractivity contribution < 1.29 is 18.7 Å². The highest BCUT2D eigenvalue weighted by Gasteiger charge is 2.16. The molecule has 2 aromatic heterocycles. The lowest BCUT2D eigenvalue weighted by Gasteiger charge is -2.07. The molecular weight excluding hydrogens is 437 g/mol. The predicted octanol–water partition coefficient (Wildman–Crippen LogP) is 3.87. The Bertz CT molecular complexity index is 1360. The molecule has 2 heterocycles. The quantitative estimate of drug-likeness (QED) is 0.324. The van der Waals surface area contributed by atoms with Gasteiger partial charge in [0.2, 0.25) is 0 Å². The van der Waals surface area contributed by atoms with Gasteiger partial charge in [-0.05, 0) is 79.6 Å². The average molecular weight is 459 g/mol. The minimum absolute atomic E-state index is 0.195. The molecule has 34 heavy (non-hydrogen) atoms. The van der Waals surface area contributed by atoms with Gasteiger partial charge in [-0.3, -0.25) is 14.0 Å². The first-order valence-electron chi connectivity index (χ1n) is 10.5. The second-order valence-corrected chi connectivity index (χ2v) is 7.59. The molecule has 172 valence electrons. The van der Waals surface area contributed by atoms with Crippen molar-refractivity contribution >= 4 is 29.4 Å². The molecule has 0 saturated carbocycles. The summed E-state index contributed by atoms with van der Waals surface area (Å²) in [5.41, 5.74) is 6.49. The summed E-state index contributed by atoms with van der Waals surface area (Å²) in [6, 6.07) is 16.1. The van der Waals surface area contributed by atoms with Crippen molar-refractivity contribution in [3.63, 3.8) is 0 Å². The van der Waals surface area contributed by atoms with E-state index < -0.39 is 0 Å². The Morgan fingerprint density at radius 1 is 1.06 bits per heavy atom. The molecule has 0 aliphatic heterocycles. The maximum atomic E-state index is 12.9. The Morgan fingerprint density at radius 3 is 2.53 bits per heavy atom. The normalized spacial score (nSPS) is 11.0. The van der Waals surface area contributed by atoms with Gasteiger partial charge in [0.25, 0.3) is 11.8 Å². The number of pyridine rings is 1. The number of hydrazone groups is 1. The zero-order valence-electron chi connectivity index (χ0n) is 18.6. The second-order valence-electron chi connectivity index (χ2n) is 7.59. The first-order chi connectivity index (χ1) is 16.4. The third kappa shape index (κ3) is 5.44. The van der Waals surface area contributed by atoms with Crippen LogP contribution < -0.4 is 15.5 Å². The van der Waals surface area contributed by atoms with Gasteiger partial charge in [0.05, 0.1) is 11.9 Å². The number of nitrogens with zero attached hydrogens (tertiary/aromatic N) is 3. The molecule has 2 N–H and O–H groups in total. The molecule has 0 atom stereocenters. The number of amides is 2. The fraction of sp³-hybridized carbons (Fsp3) is 0.120. The molecule has 8 nitrogen and oxygen atoms in total. The van der Waals surface area contributed by atoms with Gasteiger partial charge < -0.3 is 10.1 Å². The van der Waals surface area contributed by atoms with Crippen LogP contribution in [-0.2, 0) is 4.79 Å². The summed E-state index contributed by atoms with van der Waals surface area (Å²) in [5, 5.41) is 6.65. The standard InChI is InChI=1S/C25H22FN5O3/c1-16-3-12-22-28-17(2)24(31(22)14-16)25(33)30-27-13-18-4-10-21(11-5-18)34-15-23(32)29-20-8-6-19(26)7-9-20/h3-14H,15H2,1-2H3,(H,29,32)(H,30,33)/b27-13-. The molecule has 0 saturated heterocycles. The summed E-state index contributed by atoms with van der Waals surface area (Å²) < 4.78 is 20.1. The van der Waals surface area contributed by atoms with Crippen molar-refractivity contribution in [2.45, 2.75) is 13.8 Å². The number of nitrogens with one attached hydrogen (secondary N) is 2. The maximum absolute atomic E-state index is 12.9. The van der Waals surface area contributed by atoms with E-state index in [0.29, 0.717) is 28.5 Å². The Balaban J connectivity index is 1.30. The largest absolute Gasteiger partial charge is 0.484 e. The summed E-state index contributed by atoms with van der Waals surface area (Å²) in [6.07, 6.45) is 3.36. The van der Waals surface area contributed by atoms with E-state index in [1.807, 2.05) is 25.3 Å². The number of aromatic nitrogens is 2. The van der Waals surface area contributed by atoms with E-state index in [4.69, 9.17) is 4.74 Å². The number of benzene rings is 2. The van der Waals surface area contributed by atoms with Crippen molar-refractivity contribution in [1.29, 1.82) is 0 Å². The smallest absolute Gasteiger partial charge is 0.290 e. The fourth-order valence-corrected chi connectivity index (χ4v) is 3.29. The number of carbonyl (C=O) groups excluding carboxylic acids is 2. The molecule has 0 spiro atoms. The zero-order valence-corrected chi connectivity index (χ0v) is 18.6. The lowest BCUT2D eigenvalue weighted by Crippen LogP contribution is -2.20. The molecule has 2 aromatic carbocycles. The summed E-state index contributed by atoms with van der Waals surface area (Å²) in [7, 11) is 0. The van der Waals surface area contributed by atoms with Crippen LogP contribution in [0.4, 0.5) is 10.1 Å². The van der Waals surface area contributed by atoms with E-state index in [2.05, 4.69) is 20.8 Å². The second kappa shape index (κ2) is 9.95. The van der Waals surface area contributed by atoms with Crippen molar-refractivity contribution in [3.05, 3.63) is 95.2 Å². The van der Waals surface area contributed by atoms with Crippen LogP contribution in [0.25, 0.3) is 5.65 Å². The SMILES string of the molecule is Cc1ccc2nc(C)c(C(=O)N/N=C\c3ccc(OCC(=O)Nc4ccc(F)cc4)cc3)n2c1. The van der Waals surface area contributed by atoms with Crippen molar-refractivity contribution in [2.24, 2.45) is 5.10 Å². The minimum Gasteiger partial charge on any atom is -0.484 e. The van der Waals surface area contributed by atoms with Gasteiger partial charge >= 0.3 is 0 Å². The number of anilines is 1. The minimum atomic E-state index is -0.377. The summed E-state index contributed by atoms with van der Waals surface area (Å²) in [5.74, 6) is -0.609. The van der Waals surface area contributed by atoms with E-state index in [9.17, 15) is 14.0 Å². The molecule has 0 unspecified atom stereocenters. The molecule has 2 amide bonds. The summed E-state index contributed by atoms with van der Waals surface area (Å²) in [4.78, 5) is 29.0. The maximum Gasteiger partial charge on any atom is 0.290 e. The Kier molecular flexibility index (Phi) is 6.63. The lowest BCUT2D eigenvalue weighted by atomic mass is 10.2. The topological polar surface area (TPSA) is 97.1 Å². The van der Waals surface area contributed by atoms with Crippen LogP contribution in [0.5, 0.6) is 5.75 Å². The van der Waals surface area contributed by atoms with Gasteiger partial charge in [0.1, 0.15) is 22.9 Å². The number of carbonyl (C=O) groups is 2. The number of rotatable bonds is 7. The predicted molar refractivity (Wildman–Crippen MR) is 127 cm³/mol. The molecule has 0 aliphatic carbocycles. The van der Waals surface area contributed by atoms with Gasteiger partial charge in [0.15, 0.2) is 6.61 Å². The van der Waals surface area contributed by atoms with E-state index in [-0.39, 0.29) is 24.2 Å². The van der Waals surface area contributed by atoms with Gasteiger partial charge in [-0.15, -0.1) is 0 Å². The van der Waals surface area contributed by atoms with Crippen LogP contribution in [0.15, 0.2) is 72.0 Å². The Labute approximate surface area is 195 Å². The van der Waals surface area contributed by atoms with Crippen LogP contribution in [-0.4, -0.2) is 34.0 Å². The number of hydrogen-bond acceptors (Lipinski definition) is 5. The number of halogens is 1. The van der Waals surface area contributed by atoms with Gasteiger partial charge in [-0.25, -0.2) is 14.8 Å². The highest BCUT2D eigenvalue weighted by atomic mass is 19.1. The van der Waals surface area contributed by atoms with Gasteiger partial charge in [0, 0.05) is 11.9 Å². The van der Waals surface area contributed by atoms with Crippen LogP contribution in [0.2, 0.25) is 0 Å². The highest BCUT2D eigenvalue weighted by Crippen LogP contribution is 2.14. The zero-order chi connectivity index (χ0) is 24.1. The van der Waals surface area contributed by atoms with Gasteiger partial charge in [-0.1, -0.05) is 6.07 Å². The molecule has 0 fully saturated rings. The first kappa shape index (κ1) is 22.7. The van der Waals surface area contributed by atoms with E-state index >= 15 is 0 Å². The molecule has 4 rings (SSSR count). The number of ether oxygens (including phenoxy) is 1. The lowest BCUT2D eigenvalue weighted by molar-refractivity contribution is -0.118. The number of aryl methyl sites for hydroxylation is 2. The molecule has 4 aromatic rings. The average Bonchev–Trinajstić information content (AvgIpc) is 3.15. The monoisotopic (exact) mass is 459 g/mol. The third-order valence-electron chi connectivity index (χ3n) is 4.91. The van der Waals surface area contributed by atoms with Crippen molar-refractivity contribution in [3.8, 4) is 5.75 Å². The molecule has 0 radical (unpaired) electrons. The van der Waals surface area contributed by atoms with Crippen LogP contribution in [0.1, 0.15) is 27.3 Å². The van der Waals surface area contributed by atoms with Gasteiger partial charge in [-0.2, -0.15) is 5.10 Å². The first-order valence-corrected chi connectivity index (χ1v) is 10.5. The highest BCUT2D eigenvalue weighted by molar-refractivity contribution is 5.95.